The van der Waals surface area contributed by atoms with Crippen molar-refractivity contribution in [1.29, 1.82) is 0 Å². The first-order chi connectivity index (χ1) is 9.49. The van der Waals surface area contributed by atoms with Crippen LogP contribution in [0, 0.1) is 5.82 Å². The molecule has 2 N–H and O–H groups in total. The zero-order valence-corrected chi connectivity index (χ0v) is 11.5. The van der Waals surface area contributed by atoms with Crippen LogP contribution in [0.3, 0.4) is 0 Å². The summed E-state index contributed by atoms with van der Waals surface area (Å²) in [5.74, 6) is -1.93. The third-order valence-corrected chi connectivity index (χ3v) is 2.58. The van der Waals surface area contributed by atoms with Crippen LogP contribution in [0.25, 0.3) is 0 Å². The van der Waals surface area contributed by atoms with Gasteiger partial charge in [-0.15, -0.1) is 0 Å². The molecule has 0 aliphatic rings. The number of esters is 2. The van der Waals surface area contributed by atoms with E-state index in [2.05, 4.69) is 0 Å². The van der Waals surface area contributed by atoms with Crippen molar-refractivity contribution < 1.29 is 23.5 Å². The monoisotopic (exact) mass is 283 g/mol. The minimum atomic E-state index is -0.960. The van der Waals surface area contributed by atoms with Gasteiger partial charge in [-0.1, -0.05) is 13.3 Å². The number of nitrogens with two attached hydrogens (primary N) is 1. The van der Waals surface area contributed by atoms with E-state index in [-0.39, 0.29) is 17.9 Å². The summed E-state index contributed by atoms with van der Waals surface area (Å²) < 4.78 is 23.0. The average molecular weight is 283 g/mol. The lowest BCUT2D eigenvalue weighted by Gasteiger charge is -2.15. The molecule has 0 saturated heterocycles. The number of hydrogen-bond acceptors (Lipinski definition) is 5. The zero-order valence-electron chi connectivity index (χ0n) is 11.5. The maximum atomic E-state index is 13.0. The van der Waals surface area contributed by atoms with E-state index in [9.17, 15) is 14.0 Å². The second-order valence-electron chi connectivity index (χ2n) is 4.17. The number of carbonyl (C=O) groups excluding carboxylic acids is 2. The van der Waals surface area contributed by atoms with Crippen LogP contribution in [0.4, 0.5) is 10.1 Å². The highest BCUT2D eigenvalue weighted by Gasteiger charge is 2.24. The van der Waals surface area contributed by atoms with Gasteiger partial charge in [-0.2, -0.15) is 0 Å². The Kier molecular flexibility index (Phi) is 5.96. The van der Waals surface area contributed by atoms with E-state index in [0.717, 1.165) is 6.07 Å². The predicted molar refractivity (Wildman–Crippen MR) is 71.6 cm³/mol. The van der Waals surface area contributed by atoms with Crippen molar-refractivity contribution in [3.8, 4) is 0 Å². The van der Waals surface area contributed by atoms with Crippen LogP contribution in [0.15, 0.2) is 18.2 Å². The summed E-state index contributed by atoms with van der Waals surface area (Å²) in [6.07, 6.45) is 0.0579. The second-order valence-corrected chi connectivity index (χ2v) is 4.17. The van der Waals surface area contributed by atoms with Gasteiger partial charge in [-0.3, -0.25) is 0 Å². The van der Waals surface area contributed by atoms with Crippen LogP contribution in [0.1, 0.15) is 37.0 Å². The number of anilines is 1. The quantitative estimate of drug-likeness (QED) is 0.640. The number of rotatable bonds is 6. The molecular weight excluding hydrogens is 265 g/mol. The third kappa shape index (κ3) is 4.22. The summed E-state index contributed by atoms with van der Waals surface area (Å²) >= 11 is 0. The fourth-order valence-corrected chi connectivity index (χ4v) is 1.59. The van der Waals surface area contributed by atoms with Crippen molar-refractivity contribution in [3.05, 3.63) is 29.6 Å². The van der Waals surface area contributed by atoms with Crippen molar-refractivity contribution in [2.75, 3.05) is 12.3 Å². The molecule has 5 nitrogen and oxygen atoms in total. The largest absolute Gasteiger partial charge is 0.463 e. The van der Waals surface area contributed by atoms with E-state index in [4.69, 9.17) is 15.2 Å². The Hall–Kier alpha value is -2.11. The van der Waals surface area contributed by atoms with E-state index in [0.29, 0.717) is 12.8 Å². The van der Waals surface area contributed by atoms with Gasteiger partial charge in [0, 0.05) is 0 Å². The van der Waals surface area contributed by atoms with Gasteiger partial charge < -0.3 is 15.2 Å². The van der Waals surface area contributed by atoms with Gasteiger partial charge >= 0.3 is 11.9 Å². The molecule has 20 heavy (non-hydrogen) atoms. The minimum Gasteiger partial charge on any atom is -0.463 e. The molecule has 110 valence electrons. The lowest BCUT2D eigenvalue weighted by Crippen LogP contribution is -2.29. The first-order valence-corrected chi connectivity index (χ1v) is 6.42. The zero-order chi connectivity index (χ0) is 15.1. The Balaban J connectivity index is 2.79. The first kappa shape index (κ1) is 15.9. The summed E-state index contributed by atoms with van der Waals surface area (Å²) in [4.78, 5) is 23.5. The molecule has 0 aliphatic carbocycles. The molecule has 1 unspecified atom stereocenters. The molecule has 1 atom stereocenters. The van der Waals surface area contributed by atoms with Gasteiger partial charge in [0.25, 0.3) is 0 Å². The highest BCUT2D eigenvalue weighted by atomic mass is 19.1. The molecule has 1 aromatic carbocycles. The molecule has 0 heterocycles. The number of hydrogen-bond donors (Lipinski definition) is 1. The fraction of sp³-hybridized carbons (Fsp3) is 0.429. The minimum absolute atomic E-state index is 0.0919. The number of carbonyl (C=O) groups is 2. The topological polar surface area (TPSA) is 78.6 Å². The Labute approximate surface area is 116 Å². The van der Waals surface area contributed by atoms with E-state index < -0.39 is 23.9 Å². The Morgan fingerprint density at radius 3 is 2.60 bits per heavy atom. The van der Waals surface area contributed by atoms with Crippen molar-refractivity contribution in [1.82, 2.24) is 0 Å². The highest BCUT2D eigenvalue weighted by molar-refractivity contribution is 5.92. The second kappa shape index (κ2) is 7.47. The number of halogens is 1. The molecule has 0 aromatic heterocycles. The number of nitrogen functional groups attached to an aromatic ring is 1. The van der Waals surface area contributed by atoms with Gasteiger partial charge in [0.05, 0.1) is 17.9 Å². The van der Waals surface area contributed by atoms with Gasteiger partial charge in [-0.25, -0.2) is 14.0 Å². The van der Waals surface area contributed by atoms with Crippen molar-refractivity contribution in [2.45, 2.75) is 32.8 Å². The van der Waals surface area contributed by atoms with Gasteiger partial charge in [-0.05, 0) is 31.5 Å². The van der Waals surface area contributed by atoms with E-state index in [1.807, 2.05) is 6.92 Å². The van der Waals surface area contributed by atoms with Crippen molar-refractivity contribution in [2.24, 2.45) is 0 Å². The lowest BCUT2D eigenvalue weighted by atomic mass is 10.2. The highest BCUT2D eigenvalue weighted by Crippen LogP contribution is 2.15. The van der Waals surface area contributed by atoms with E-state index in [1.165, 1.54) is 12.1 Å². The fourth-order valence-electron chi connectivity index (χ4n) is 1.59. The molecule has 0 fully saturated rings. The van der Waals surface area contributed by atoms with Crippen LogP contribution >= 0.6 is 0 Å². The maximum absolute atomic E-state index is 13.0. The van der Waals surface area contributed by atoms with Crippen LogP contribution in [-0.2, 0) is 14.3 Å². The molecular formula is C14H18FNO4. The molecule has 0 spiro atoms. The molecule has 0 saturated carbocycles. The Morgan fingerprint density at radius 1 is 1.35 bits per heavy atom. The van der Waals surface area contributed by atoms with Crippen LogP contribution in [0.2, 0.25) is 0 Å². The van der Waals surface area contributed by atoms with Crippen LogP contribution < -0.4 is 5.73 Å². The molecule has 0 aliphatic heterocycles. The summed E-state index contributed by atoms with van der Waals surface area (Å²) in [5, 5.41) is 0. The average Bonchev–Trinajstić information content (AvgIpc) is 2.41. The summed E-state index contributed by atoms with van der Waals surface area (Å²) in [6.45, 7) is 3.74. The maximum Gasteiger partial charge on any atom is 0.347 e. The Bertz CT molecular complexity index is 490. The Morgan fingerprint density at radius 2 is 2.05 bits per heavy atom. The van der Waals surface area contributed by atoms with Crippen LogP contribution in [-0.4, -0.2) is 24.6 Å². The summed E-state index contributed by atoms with van der Waals surface area (Å²) in [5.41, 5.74) is 5.32. The lowest BCUT2D eigenvalue weighted by molar-refractivity contribution is -0.153. The van der Waals surface area contributed by atoms with Crippen molar-refractivity contribution >= 4 is 17.6 Å². The molecule has 6 heteroatoms. The molecule has 1 aromatic rings. The molecule has 0 bridgehead atoms. The smallest absolute Gasteiger partial charge is 0.347 e. The summed E-state index contributed by atoms with van der Waals surface area (Å²) in [7, 11) is 0. The summed E-state index contributed by atoms with van der Waals surface area (Å²) in [6, 6.07) is 3.50. The SMILES string of the molecule is CCCC(OC(=O)c1ccc(F)c(N)c1)C(=O)OCC. The molecule has 0 amide bonds. The normalized spacial score (nSPS) is 11.8. The first-order valence-electron chi connectivity index (χ1n) is 6.42. The van der Waals surface area contributed by atoms with E-state index >= 15 is 0 Å². The number of ether oxygens (including phenoxy) is 2. The third-order valence-electron chi connectivity index (χ3n) is 2.58. The van der Waals surface area contributed by atoms with Crippen LogP contribution in [0.5, 0.6) is 0 Å². The van der Waals surface area contributed by atoms with E-state index in [1.54, 1.807) is 6.92 Å². The molecule has 1 rings (SSSR count). The predicted octanol–water partition coefficient (Wildman–Crippen LogP) is 2.30. The standard InChI is InChI=1S/C14H18FNO4/c1-3-5-12(14(18)19-4-2)20-13(17)9-6-7-10(15)11(16)8-9/h6-8,12H,3-5,16H2,1-2H3. The van der Waals surface area contributed by atoms with Gasteiger partial charge in [0.1, 0.15) is 5.82 Å². The molecule has 0 radical (unpaired) electrons. The van der Waals surface area contributed by atoms with Gasteiger partial charge in [0.2, 0.25) is 0 Å². The van der Waals surface area contributed by atoms with Crippen molar-refractivity contribution in [3.63, 3.8) is 0 Å². The number of benzene rings is 1. The van der Waals surface area contributed by atoms with Gasteiger partial charge in [0.15, 0.2) is 6.10 Å².